The second-order valence-corrected chi connectivity index (χ2v) is 4.79. The van der Waals surface area contributed by atoms with E-state index in [1.807, 2.05) is 28.9 Å². The molecule has 1 aliphatic rings. The second-order valence-electron chi connectivity index (χ2n) is 3.93. The normalized spacial score (nSPS) is 14.0. The van der Waals surface area contributed by atoms with E-state index in [1.165, 1.54) is 0 Å². The Morgan fingerprint density at radius 1 is 1.35 bits per heavy atom. The molecule has 1 aromatic heterocycles. The first kappa shape index (κ1) is 11.0. The number of aromatic nitrogens is 2. The van der Waals surface area contributed by atoms with Crippen LogP contribution in [0.4, 0.5) is 0 Å². The van der Waals surface area contributed by atoms with Crippen LogP contribution in [-0.2, 0) is 24.5 Å². The van der Waals surface area contributed by atoms with Crippen LogP contribution < -0.4 is 5.73 Å². The van der Waals surface area contributed by atoms with Gasteiger partial charge in [0.1, 0.15) is 0 Å². The van der Waals surface area contributed by atoms with Crippen molar-refractivity contribution in [2.24, 2.45) is 5.73 Å². The van der Waals surface area contributed by atoms with Crippen molar-refractivity contribution in [3.63, 3.8) is 0 Å². The SMILES string of the molecule is NCc1c2c(nn1-c1ccccc1Br)COC2. The molecule has 0 radical (unpaired) electrons. The van der Waals surface area contributed by atoms with Gasteiger partial charge < -0.3 is 10.5 Å². The van der Waals surface area contributed by atoms with Crippen LogP contribution in [0.15, 0.2) is 28.7 Å². The summed E-state index contributed by atoms with van der Waals surface area (Å²) in [6.45, 7) is 1.67. The van der Waals surface area contributed by atoms with Crippen molar-refractivity contribution >= 4 is 15.9 Å². The van der Waals surface area contributed by atoms with E-state index in [9.17, 15) is 0 Å². The minimum absolute atomic E-state index is 0.465. The van der Waals surface area contributed by atoms with E-state index >= 15 is 0 Å². The summed E-state index contributed by atoms with van der Waals surface area (Å²) in [6.07, 6.45) is 0. The Bertz CT molecular complexity index is 565. The second kappa shape index (κ2) is 4.25. The third-order valence-corrected chi connectivity index (χ3v) is 3.60. The molecule has 1 aliphatic heterocycles. The minimum atomic E-state index is 0.465. The number of ether oxygens (including phenoxy) is 1. The molecule has 2 heterocycles. The third-order valence-electron chi connectivity index (χ3n) is 2.93. The molecular formula is C12H12BrN3O. The highest BCUT2D eigenvalue weighted by Gasteiger charge is 2.23. The quantitative estimate of drug-likeness (QED) is 0.923. The maximum Gasteiger partial charge on any atom is 0.0945 e. The van der Waals surface area contributed by atoms with E-state index in [0.29, 0.717) is 19.8 Å². The fourth-order valence-electron chi connectivity index (χ4n) is 2.10. The van der Waals surface area contributed by atoms with E-state index < -0.39 is 0 Å². The number of rotatable bonds is 2. The summed E-state index contributed by atoms with van der Waals surface area (Å²) in [5, 5.41) is 4.57. The number of nitrogens with two attached hydrogens (primary N) is 1. The van der Waals surface area contributed by atoms with Gasteiger partial charge in [0.05, 0.1) is 30.3 Å². The van der Waals surface area contributed by atoms with Crippen molar-refractivity contribution in [2.75, 3.05) is 0 Å². The fraction of sp³-hybridized carbons (Fsp3) is 0.250. The van der Waals surface area contributed by atoms with E-state index in [0.717, 1.165) is 27.1 Å². The summed E-state index contributed by atoms with van der Waals surface area (Å²) >= 11 is 3.54. The fourth-order valence-corrected chi connectivity index (χ4v) is 2.55. The van der Waals surface area contributed by atoms with Crippen molar-refractivity contribution < 1.29 is 4.74 Å². The molecule has 0 bridgehead atoms. The first-order valence-electron chi connectivity index (χ1n) is 5.43. The van der Waals surface area contributed by atoms with Gasteiger partial charge in [-0.2, -0.15) is 5.10 Å². The lowest BCUT2D eigenvalue weighted by molar-refractivity contribution is 0.130. The molecule has 0 fully saturated rings. The molecule has 0 saturated carbocycles. The van der Waals surface area contributed by atoms with Gasteiger partial charge in [-0.25, -0.2) is 4.68 Å². The lowest BCUT2D eigenvalue weighted by Gasteiger charge is -2.09. The molecule has 2 N–H and O–H groups in total. The van der Waals surface area contributed by atoms with Gasteiger partial charge in [0.2, 0.25) is 0 Å². The predicted octanol–water partition coefficient (Wildman–Crippen LogP) is 2.12. The van der Waals surface area contributed by atoms with Gasteiger partial charge in [-0.3, -0.25) is 0 Å². The average molecular weight is 294 g/mol. The van der Waals surface area contributed by atoms with Crippen molar-refractivity contribution in [3.8, 4) is 5.69 Å². The number of para-hydroxylation sites is 1. The van der Waals surface area contributed by atoms with Crippen molar-refractivity contribution in [3.05, 3.63) is 45.7 Å². The molecule has 5 heteroatoms. The molecular weight excluding hydrogens is 282 g/mol. The summed E-state index contributed by atoms with van der Waals surface area (Å²) in [7, 11) is 0. The molecule has 0 spiro atoms. The summed E-state index contributed by atoms with van der Waals surface area (Å²) in [5.41, 5.74) is 10.0. The Kier molecular flexibility index (Phi) is 2.74. The number of nitrogens with zero attached hydrogens (tertiary/aromatic N) is 2. The lowest BCUT2D eigenvalue weighted by Crippen LogP contribution is -2.09. The Hall–Kier alpha value is -1.17. The molecule has 4 nitrogen and oxygen atoms in total. The van der Waals surface area contributed by atoms with Crippen LogP contribution in [0.25, 0.3) is 5.69 Å². The Morgan fingerprint density at radius 2 is 2.18 bits per heavy atom. The smallest absolute Gasteiger partial charge is 0.0945 e. The number of halogens is 1. The molecule has 0 amide bonds. The highest BCUT2D eigenvalue weighted by Crippen LogP contribution is 2.28. The zero-order valence-corrected chi connectivity index (χ0v) is 10.8. The van der Waals surface area contributed by atoms with E-state index in [1.54, 1.807) is 0 Å². The van der Waals surface area contributed by atoms with Crippen LogP contribution in [-0.4, -0.2) is 9.78 Å². The van der Waals surface area contributed by atoms with E-state index in [-0.39, 0.29) is 0 Å². The average Bonchev–Trinajstić information content (AvgIpc) is 2.89. The van der Waals surface area contributed by atoms with Crippen molar-refractivity contribution in [1.29, 1.82) is 0 Å². The molecule has 1 aromatic carbocycles. The third kappa shape index (κ3) is 1.71. The van der Waals surface area contributed by atoms with Crippen LogP contribution >= 0.6 is 15.9 Å². The van der Waals surface area contributed by atoms with Crippen molar-refractivity contribution in [1.82, 2.24) is 9.78 Å². The van der Waals surface area contributed by atoms with Gasteiger partial charge in [0.25, 0.3) is 0 Å². The summed E-state index contributed by atoms with van der Waals surface area (Å²) < 4.78 is 8.30. The summed E-state index contributed by atoms with van der Waals surface area (Å²) in [4.78, 5) is 0. The maximum atomic E-state index is 5.82. The molecule has 0 atom stereocenters. The zero-order chi connectivity index (χ0) is 11.8. The highest BCUT2D eigenvalue weighted by atomic mass is 79.9. The number of hydrogen-bond donors (Lipinski definition) is 1. The Balaban J connectivity index is 2.19. The largest absolute Gasteiger partial charge is 0.370 e. The van der Waals surface area contributed by atoms with Gasteiger partial charge >= 0.3 is 0 Å². The van der Waals surface area contributed by atoms with Gasteiger partial charge in [-0.15, -0.1) is 0 Å². The molecule has 17 heavy (non-hydrogen) atoms. The van der Waals surface area contributed by atoms with Crippen LogP contribution in [0.3, 0.4) is 0 Å². The van der Waals surface area contributed by atoms with Crippen LogP contribution in [0.2, 0.25) is 0 Å². The predicted molar refractivity (Wildman–Crippen MR) is 67.6 cm³/mol. The molecule has 0 unspecified atom stereocenters. The molecule has 0 saturated heterocycles. The van der Waals surface area contributed by atoms with Crippen LogP contribution in [0.5, 0.6) is 0 Å². The van der Waals surface area contributed by atoms with Crippen LogP contribution in [0.1, 0.15) is 17.0 Å². The first-order chi connectivity index (χ1) is 8.31. The van der Waals surface area contributed by atoms with E-state index in [2.05, 4.69) is 21.0 Å². The Labute approximate surface area is 108 Å². The number of fused-ring (bicyclic) bond motifs is 1. The van der Waals surface area contributed by atoms with Crippen LogP contribution in [0, 0.1) is 0 Å². The van der Waals surface area contributed by atoms with Gasteiger partial charge in [0.15, 0.2) is 0 Å². The summed E-state index contributed by atoms with van der Waals surface area (Å²) in [5.74, 6) is 0. The van der Waals surface area contributed by atoms with Gasteiger partial charge in [0, 0.05) is 16.6 Å². The molecule has 0 aliphatic carbocycles. The topological polar surface area (TPSA) is 53.1 Å². The zero-order valence-electron chi connectivity index (χ0n) is 9.19. The maximum absolute atomic E-state index is 5.82. The Morgan fingerprint density at radius 3 is 2.94 bits per heavy atom. The van der Waals surface area contributed by atoms with E-state index in [4.69, 9.17) is 10.5 Å². The standard InChI is InChI=1S/C12H12BrN3O/c13-9-3-1-2-4-11(9)16-12(5-14)8-6-17-7-10(8)15-16/h1-4H,5-7,14H2. The first-order valence-corrected chi connectivity index (χ1v) is 6.23. The van der Waals surface area contributed by atoms with Gasteiger partial charge in [-0.1, -0.05) is 12.1 Å². The highest BCUT2D eigenvalue weighted by molar-refractivity contribution is 9.10. The number of benzene rings is 1. The lowest BCUT2D eigenvalue weighted by atomic mass is 10.2. The van der Waals surface area contributed by atoms with Crippen molar-refractivity contribution in [2.45, 2.75) is 19.8 Å². The molecule has 2 aromatic rings. The summed E-state index contributed by atoms with van der Waals surface area (Å²) in [6, 6.07) is 7.99. The number of hydrogen-bond acceptors (Lipinski definition) is 3. The molecule has 3 rings (SSSR count). The minimum Gasteiger partial charge on any atom is -0.370 e. The monoisotopic (exact) mass is 293 g/mol. The van der Waals surface area contributed by atoms with Gasteiger partial charge in [-0.05, 0) is 28.1 Å². The molecule has 88 valence electrons.